The minimum atomic E-state index is -0.750. The first-order chi connectivity index (χ1) is 11.6. The molecule has 3 heterocycles. The van der Waals surface area contributed by atoms with E-state index in [0.717, 1.165) is 6.07 Å². The number of hydrogen-bond acceptors (Lipinski definition) is 6. The fraction of sp³-hybridized carbons (Fsp3) is 0. The van der Waals surface area contributed by atoms with E-state index in [1.807, 2.05) is 0 Å². The molecule has 4 rings (SSSR count). The summed E-state index contributed by atoms with van der Waals surface area (Å²) in [5.41, 5.74) is 1.19. The number of nitrogens with zero attached hydrogens (tertiary/aromatic N) is 4. The average Bonchev–Trinajstić information content (AvgIpc) is 2.96. The number of aromatic amines is 1. The van der Waals surface area contributed by atoms with Crippen LogP contribution in [0.4, 0.5) is 21.6 Å². The largest absolute Gasteiger partial charge is 0.336 e. The highest BCUT2D eigenvalue weighted by atomic mass is 19.1. The molecule has 9 heteroatoms. The first kappa shape index (κ1) is 14.0. The molecule has 0 saturated heterocycles. The smallest absolute Gasteiger partial charge is 0.283 e. The van der Waals surface area contributed by atoms with Crippen molar-refractivity contribution in [3.8, 4) is 11.3 Å². The fourth-order valence-electron chi connectivity index (χ4n) is 2.55. The van der Waals surface area contributed by atoms with Gasteiger partial charge in [0.1, 0.15) is 17.2 Å². The van der Waals surface area contributed by atoms with Crippen molar-refractivity contribution in [1.29, 1.82) is 0 Å². The highest BCUT2D eigenvalue weighted by Crippen LogP contribution is 2.36. The van der Waals surface area contributed by atoms with Gasteiger partial charge in [-0.15, -0.1) is 0 Å². The number of amidine groups is 1. The number of aliphatic imine (C=N–C) groups is 1. The van der Waals surface area contributed by atoms with E-state index < -0.39 is 10.7 Å². The Labute approximate surface area is 134 Å². The molecule has 3 aromatic rings. The van der Waals surface area contributed by atoms with Gasteiger partial charge in [-0.1, -0.05) is 6.07 Å². The third-order valence-electron chi connectivity index (χ3n) is 3.59. The van der Waals surface area contributed by atoms with Crippen LogP contribution in [0.3, 0.4) is 0 Å². The second-order valence-corrected chi connectivity index (χ2v) is 5.01. The maximum absolute atomic E-state index is 14.3. The monoisotopic (exact) mass is 324 g/mol. The molecule has 0 bridgehead atoms. The number of pyridine rings is 1. The Hall–Kier alpha value is -3.62. The Kier molecular flexibility index (Phi) is 3.05. The molecule has 2 aromatic heterocycles. The standard InChI is InChI=1S/C15H9FN6O2/c16-9-4-1-5-11(22(23)24)12(9)15-19-10-7-18-21-13(10)8-3-2-6-17-14(8)20-15/h1-7H,(H,18,21)(H,17,19,20). The second-order valence-electron chi connectivity index (χ2n) is 5.01. The van der Waals surface area contributed by atoms with Crippen molar-refractivity contribution in [2.45, 2.75) is 0 Å². The maximum atomic E-state index is 14.3. The van der Waals surface area contributed by atoms with Gasteiger partial charge in [-0.2, -0.15) is 5.10 Å². The van der Waals surface area contributed by atoms with Crippen LogP contribution in [0.15, 0.2) is 47.7 Å². The van der Waals surface area contributed by atoms with Crippen molar-refractivity contribution >= 4 is 23.0 Å². The molecule has 8 nitrogen and oxygen atoms in total. The number of hydrogen-bond donors (Lipinski definition) is 2. The highest BCUT2D eigenvalue weighted by molar-refractivity contribution is 6.14. The topological polar surface area (TPSA) is 109 Å². The van der Waals surface area contributed by atoms with Gasteiger partial charge in [0.25, 0.3) is 5.69 Å². The number of aromatic nitrogens is 3. The lowest BCUT2D eigenvalue weighted by Gasteiger charge is -2.08. The maximum Gasteiger partial charge on any atom is 0.283 e. The van der Waals surface area contributed by atoms with Crippen LogP contribution in [0.5, 0.6) is 0 Å². The lowest BCUT2D eigenvalue weighted by molar-refractivity contribution is -0.385. The predicted octanol–water partition coefficient (Wildman–Crippen LogP) is 3.02. The van der Waals surface area contributed by atoms with Gasteiger partial charge in [-0.3, -0.25) is 15.2 Å². The molecule has 0 saturated carbocycles. The molecule has 118 valence electrons. The number of nitro groups is 1. The molecule has 0 amide bonds. The van der Waals surface area contributed by atoms with Crippen molar-refractivity contribution in [2.24, 2.45) is 4.99 Å². The van der Waals surface area contributed by atoms with Gasteiger partial charge in [0.05, 0.1) is 22.5 Å². The Morgan fingerprint density at radius 3 is 2.92 bits per heavy atom. The molecule has 1 aromatic carbocycles. The first-order valence-corrected chi connectivity index (χ1v) is 6.93. The van der Waals surface area contributed by atoms with Crippen LogP contribution in [0.1, 0.15) is 5.56 Å². The minimum Gasteiger partial charge on any atom is -0.336 e. The van der Waals surface area contributed by atoms with E-state index in [-0.39, 0.29) is 17.1 Å². The van der Waals surface area contributed by atoms with Gasteiger partial charge < -0.3 is 5.32 Å². The SMILES string of the molecule is O=[N+]([O-])c1cccc(F)c1C1=Nc2ncccc2-c2[nH]ncc2N1. The number of rotatable bonds is 2. The summed E-state index contributed by atoms with van der Waals surface area (Å²) in [6, 6.07) is 7.17. The summed E-state index contributed by atoms with van der Waals surface area (Å²) >= 11 is 0. The number of nitro benzene ring substituents is 1. The molecule has 0 radical (unpaired) electrons. The van der Waals surface area contributed by atoms with Crippen LogP contribution < -0.4 is 5.32 Å². The van der Waals surface area contributed by atoms with Gasteiger partial charge in [0.15, 0.2) is 5.82 Å². The van der Waals surface area contributed by atoms with Gasteiger partial charge >= 0.3 is 0 Å². The molecule has 0 spiro atoms. The molecule has 0 fully saturated rings. The zero-order chi connectivity index (χ0) is 16.7. The van der Waals surface area contributed by atoms with Gasteiger partial charge in [0, 0.05) is 17.8 Å². The lowest BCUT2D eigenvalue weighted by atomic mass is 10.1. The molecular formula is C15H9FN6O2. The predicted molar refractivity (Wildman–Crippen MR) is 84.7 cm³/mol. The van der Waals surface area contributed by atoms with Gasteiger partial charge in [0.2, 0.25) is 0 Å². The first-order valence-electron chi connectivity index (χ1n) is 6.93. The van der Waals surface area contributed by atoms with E-state index in [2.05, 4.69) is 25.5 Å². The number of nitrogens with one attached hydrogen (secondary N) is 2. The van der Waals surface area contributed by atoms with E-state index >= 15 is 0 Å². The van der Waals surface area contributed by atoms with E-state index in [4.69, 9.17) is 0 Å². The van der Waals surface area contributed by atoms with E-state index in [0.29, 0.717) is 22.8 Å². The summed E-state index contributed by atoms with van der Waals surface area (Å²) in [7, 11) is 0. The number of halogens is 1. The van der Waals surface area contributed by atoms with Crippen molar-refractivity contribution in [3.63, 3.8) is 0 Å². The highest BCUT2D eigenvalue weighted by Gasteiger charge is 2.27. The summed E-state index contributed by atoms with van der Waals surface area (Å²) in [4.78, 5) is 19.1. The third kappa shape index (κ3) is 2.10. The van der Waals surface area contributed by atoms with Crippen LogP contribution in [0.2, 0.25) is 0 Å². The van der Waals surface area contributed by atoms with Crippen LogP contribution in [0, 0.1) is 15.9 Å². The summed E-state index contributed by atoms with van der Waals surface area (Å²) in [5.74, 6) is -0.444. The number of benzene rings is 1. The quantitative estimate of drug-likeness (QED) is 0.556. The van der Waals surface area contributed by atoms with E-state index in [9.17, 15) is 14.5 Å². The second kappa shape index (κ2) is 5.23. The lowest BCUT2D eigenvalue weighted by Crippen LogP contribution is -2.16. The third-order valence-corrected chi connectivity index (χ3v) is 3.59. The Morgan fingerprint density at radius 2 is 2.08 bits per heavy atom. The van der Waals surface area contributed by atoms with E-state index in [1.54, 1.807) is 12.1 Å². The Bertz CT molecular complexity index is 997. The molecule has 24 heavy (non-hydrogen) atoms. The summed E-state index contributed by atoms with van der Waals surface area (Å²) in [6.45, 7) is 0. The van der Waals surface area contributed by atoms with Crippen molar-refractivity contribution < 1.29 is 9.31 Å². The summed E-state index contributed by atoms with van der Waals surface area (Å²) in [6.07, 6.45) is 3.04. The molecule has 0 atom stereocenters. The van der Waals surface area contributed by atoms with Gasteiger partial charge in [-0.05, 0) is 18.2 Å². The summed E-state index contributed by atoms with van der Waals surface area (Å²) < 4.78 is 14.3. The Balaban J connectivity index is 1.99. The van der Waals surface area contributed by atoms with Crippen molar-refractivity contribution in [2.75, 3.05) is 5.32 Å². The van der Waals surface area contributed by atoms with Crippen LogP contribution in [0.25, 0.3) is 11.3 Å². The average molecular weight is 324 g/mol. The van der Waals surface area contributed by atoms with Gasteiger partial charge in [-0.25, -0.2) is 14.4 Å². The minimum absolute atomic E-state index is 0.0000926. The van der Waals surface area contributed by atoms with Crippen LogP contribution in [-0.4, -0.2) is 25.9 Å². The molecule has 0 aliphatic carbocycles. The molecule has 2 N–H and O–H groups in total. The van der Waals surface area contributed by atoms with Crippen LogP contribution in [-0.2, 0) is 0 Å². The molecular weight excluding hydrogens is 315 g/mol. The zero-order valence-corrected chi connectivity index (χ0v) is 12.0. The normalized spacial score (nSPS) is 12.5. The fourth-order valence-corrected chi connectivity index (χ4v) is 2.55. The Morgan fingerprint density at radius 1 is 1.21 bits per heavy atom. The number of H-pyrrole nitrogens is 1. The molecule has 1 aliphatic heterocycles. The number of anilines is 1. The number of fused-ring (bicyclic) bond motifs is 3. The molecule has 1 aliphatic rings. The zero-order valence-electron chi connectivity index (χ0n) is 12.0. The van der Waals surface area contributed by atoms with Crippen molar-refractivity contribution in [3.05, 3.63) is 64.2 Å². The van der Waals surface area contributed by atoms with E-state index in [1.165, 1.54) is 24.5 Å². The molecule has 0 unspecified atom stereocenters. The van der Waals surface area contributed by atoms with Crippen LogP contribution >= 0.6 is 0 Å². The summed E-state index contributed by atoms with van der Waals surface area (Å²) in [5, 5.41) is 21.0. The van der Waals surface area contributed by atoms with Crippen molar-refractivity contribution in [1.82, 2.24) is 15.2 Å².